The molecule has 3 rings (SSSR count). The molecule has 1 aliphatic rings. The number of nitrogen functional groups attached to an aromatic ring is 1. The number of anilines is 1. The fourth-order valence-electron chi connectivity index (χ4n) is 3.65. The maximum atomic E-state index is 6.21. The largest absolute Gasteiger partial charge is 0.481 e. The first kappa shape index (κ1) is 14.2. The number of nitrogens with two attached hydrogens (primary N) is 1. The van der Waals surface area contributed by atoms with Gasteiger partial charge in [-0.05, 0) is 30.7 Å². The molecule has 0 bridgehead atoms. The van der Waals surface area contributed by atoms with E-state index in [0.717, 1.165) is 17.6 Å². The normalized spacial score (nSPS) is 22.9. The number of fused-ring (bicyclic) bond motifs is 1. The van der Waals surface area contributed by atoms with E-state index in [4.69, 9.17) is 10.5 Å². The van der Waals surface area contributed by atoms with E-state index in [0.29, 0.717) is 29.7 Å². The second-order valence-electron chi connectivity index (χ2n) is 6.30. The second-order valence-corrected chi connectivity index (χ2v) is 6.30. The van der Waals surface area contributed by atoms with Crippen LogP contribution in [-0.2, 0) is 0 Å². The van der Waals surface area contributed by atoms with Crippen LogP contribution in [0.3, 0.4) is 0 Å². The van der Waals surface area contributed by atoms with Crippen LogP contribution in [0.5, 0.6) is 5.88 Å². The zero-order chi connectivity index (χ0) is 15.0. The molecule has 21 heavy (non-hydrogen) atoms. The third-order valence-corrected chi connectivity index (χ3v) is 4.72. The first-order valence-electron chi connectivity index (χ1n) is 7.80. The van der Waals surface area contributed by atoms with E-state index >= 15 is 0 Å². The van der Waals surface area contributed by atoms with Gasteiger partial charge in [0.25, 0.3) is 0 Å². The summed E-state index contributed by atoms with van der Waals surface area (Å²) in [5, 5.41) is 0. The Morgan fingerprint density at radius 1 is 1.24 bits per heavy atom. The number of pyridine rings is 1. The molecule has 0 spiro atoms. The number of aromatic nitrogens is 3. The number of hydrogen-bond acceptors (Lipinski definition) is 4. The van der Waals surface area contributed by atoms with Crippen LogP contribution in [0.4, 0.5) is 5.95 Å². The van der Waals surface area contributed by atoms with E-state index in [1.54, 1.807) is 7.11 Å². The first-order valence-corrected chi connectivity index (χ1v) is 7.80. The lowest BCUT2D eigenvalue weighted by atomic mass is 9.77. The SMILES string of the molecule is COc1ccc2nc(N)n(C3CCCCC3C(C)C)c2n1. The summed E-state index contributed by atoms with van der Waals surface area (Å²) in [5.74, 6) is 2.45. The van der Waals surface area contributed by atoms with E-state index in [1.165, 1.54) is 19.3 Å². The molecule has 0 saturated heterocycles. The van der Waals surface area contributed by atoms with Gasteiger partial charge in [0.05, 0.1) is 7.11 Å². The number of ether oxygens (including phenoxy) is 1. The van der Waals surface area contributed by atoms with Gasteiger partial charge in [-0.25, -0.2) is 4.98 Å². The lowest BCUT2D eigenvalue weighted by molar-refractivity contribution is 0.189. The van der Waals surface area contributed by atoms with Gasteiger partial charge in [-0.3, -0.25) is 4.57 Å². The van der Waals surface area contributed by atoms with Crippen molar-refractivity contribution in [3.63, 3.8) is 0 Å². The fraction of sp³-hybridized carbons (Fsp3) is 0.625. The topological polar surface area (TPSA) is 66.0 Å². The number of rotatable bonds is 3. The van der Waals surface area contributed by atoms with Crippen molar-refractivity contribution >= 4 is 17.1 Å². The van der Waals surface area contributed by atoms with Crippen LogP contribution in [0, 0.1) is 11.8 Å². The van der Waals surface area contributed by atoms with Gasteiger partial charge >= 0.3 is 0 Å². The summed E-state index contributed by atoms with van der Waals surface area (Å²) in [6, 6.07) is 4.16. The summed E-state index contributed by atoms with van der Waals surface area (Å²) in [7, 11) is 1.63. The molecule has 2 aromatic rings. The molecule has 5 nitrogen and oxygen atoms in total. The Balaban J connectivity index is 2.11. The number of imidazole rings is 1. The average molecular weight is 288 g/mol. The maximum absolute atomic E-state index is 6.21. The second kappa shape index (κ2) is 5.54. The van der Waals surface area contributed by atoms with E-state index in [-0.39, 0.29) is 0 Å². The van der Waals surface area contributed by atoms with Crippen LogP contribution in [0.1, 0.15) is 45.6 Å². The molecule has 1 aliphatic carbocycles. The predicted octanol–water partition coefficient (Wildman–Crippen LogP) is 3.41. The number of methoxy groups -OCH3 is 1. The van der Waals surface area contributed by atoms with Crippen molar-refractivity contribution in [2.45, 2.75) is 45.6 Å². The molecule has 2 atom stereocenters. The Labute approximate surface area is 125 Å². The minimum Gasteiger partial charge on any atom is -0.481 e. The third kappa shape index (κ3) is 2.45. The molecule has 0 radical (unpaired) electrons. The lowest BCUT2D eigenvalue weighted by Gasteiger charge is -2.35. The summed E-state index contributed by atoms with van der Waals surface area (Å²) >= 11 is 0. The van der Waals surface area contributed by atoms with Crippen LogP contribution in [-0.4, -0.2) is 21.6 Å². The van der Waals surface area contributed by atoms with Gasteiger partial charge in [0.15, 0.2) is 5.65 Å². The summed E-state index contributed by atoms with van der Waals surface area (Å²) in [5.41, 5.74) is 7.91. The van der Waals surface area contributed by atoms with Crippen molar-refractivity contribution in [1.29, 1.82) is 0 Å². The monoisotopic (exact) mass is 288 g/mol. The van der Waals surface area contributed by atoms with Gasteiger partial charge in [-0.1, -0.05) is 26.7 Å². The van der Waals surface area contributed by atoms with Gasteiger partial charge < -0.3 is 10.5 Å². The Morgan fingerprint density at radius 3 is 2.71 bits per heavy atom. The van der Waals surface area contributed by atoms with E-state index in [9.17, 15) is 0 Å². The predicted molar refractivity (Wildman–Crippen MR) is 84.3 cm³/mol. The van der Waals surface area contributed by atoms with Gasteiger partial charge in [-0.2, -0.15) is 4.98 Å². The Morgan fingerprint density at radius 2 is 2.00 bits per heavy atom. The van der Waals surface area contributed by atoms with E-state index < -0.39 is 0 Å². The first-order chi connectivity index (χ1) is 10.1. The number of hydrogen-bond donors (Lipinski definition) is 1. The third-order valence-electron chi connectivity index (χ3n) is 4.72. The highest BCUT2D eigenvalue weighted by molar-refractivity contribution is 5.75. The molecular weight excluding hydrogens is 264 g/mol. The van der Waals surface area contributed by atoms with E-state index in [1.807, 2.05) is 12.1 Å². The standard InChI is InChI=1S/C16H24N4O/c1-10(2)11-6-4-5-7-13(11)20-15-12(18-16(20)17)8-9-14(19-15)21-3/h8-11,13H,4-7H2,1-3H3,(H2,17,18). The summed E-state index contributed by atoms with van der Waals surface area (Å²) in [6.45, 7) is 4.60. The van der Waals surface area contributed by atoms with Crippen molar-refractivity contribution in [2.75, 3.05) is 12.8 Å². The van der Waals surface area contributed by atoms with Gasteiger partial charge in [0, 0.05) is 12.1 Å². The summed E-state index contributed by atoms with van der Waals surface area (Å²) < 4.78 is 7.40. The Bertz CT molecular complexity index is 634. The minimum absolute atomic E-state index is 0.392. The molecule has 114 valence electrons. The highest BCUT2D eigenvalue weighted by Gasteiger charge is 2.31. The van der Waals surface area contributed by atoms with Gasteiger partial charge in [0.1, 0.15) is 5.52 Å². The van der Waals surface area contributed by atoms with Crippen LogP contribution in [0.15, 0.2) is 12.1 Å². The maximum Gasteiger partial charge on any atom is 0.215 e. The van der Waals surface area contributed by atoms with Gasteiger partial charge in [-0.15, -0.1) is 0 Å². The van der Waals surface area contributed by atoms with Crippen LogP contribution in [0.2, 0.25) is 0 Å². The Kier molecular flexibility index (Phi) is 3.74. The van der Waals surface area contributed by atoms with E-state index in [2.05, 4.69) is 28.4 Å². The van der Waals surface area contributed by atoms with Crippen molar-refractivity contribution in [3.8, 4) is 5.88 Å². The molecule has 2 heterocycles. The molecule has 2 aromatic heterocycles. The van der Waals surface area contributed by atoms with Crippen molar-refractivity contribution in [1.82, 2.24) is 14.5 Å². The molecule has 2 unspecified atom stereocenters. The molecule has 2 N–H and O–H groups in total. The van der Waals surface area contributed by atoms with Crippen molar-refractivity contribution in [3.05, 3.63) is 12.1 Å². The average Bonchev–Trinajstić information content (AvgIpc) is 2.81. The summed E-state index contributed by atoms with van der Waals surface area (Å²) in [6.07, 6.45) is 4.96. The van der Waals surface area contributed by atoms with Gasteiger partial charge in [0.2, 0.25) is 11.8 Å². The zero-order valence-corrected chi connectivity index (χ0v) is 13.0. The molecule has 5 heteroatoms. The molecule has 1 fully saturated rings. The highest BCUT2D eigenvalue weighted by Crippen LogP contribution is 2.41. The summed E-state index contributed by atoms with van der Waals surface area (Å²) in [4.78, 5) is 9.06. The fourth-order valence-corrected chi connectivity index (χ4v) is 3.65. The number of nitrogens with zero attached hydrogens (tertiary/aromatic N) is 3. The smallest absolute Gasteiger partial charge is 0.215 e. The molecule has 0 amide bonds. The zero-order valence-electron chi connectivity index (χ0n) is 13.0. The van der Waals surface area contributed by atoms with Crippen LogP contribution in [0.25, 0.3) is 11.2 Å². The molecule has 0 aliphatic heterocycles. The van der Waals surface area contributed by atoms with Crippen molar-refractivity contribution in [2.24, 2.45) is 11.8 Å². The molecule has 0 aromatic carbocycles. The quantitative estimate of drug-likeness (QED) is 0.940. The molecule has 1 saturated carbocycles. The van der Waals surface area contributed by atoms with Crippen LogP contribution >= 0.6 is 0 Å². The Hall–Kier alpha value is -1.78. The minimum atomic E-state index is 0.392. The highest BCUT2D eigenvalue weighted by atomic mass is 16.5. The molecular formula is C16H24N4O. The van der Waals surface area contributed by atoms with Crippen LogP contribution < -0.4 is 10.5 Å². The van der Waals surface area contributed by atoms with Crippen molar-refractivity contribution < 1.29 is 4.74 Å². The lowest BCUT2D eigenvalue weighted by Crippen LogP contribution is -2.28.